The standard InChI is InChI=1S/C17H15BrClNO4/c1-10(24-17(22)12-5-3-4-6-13(12)18)16(21)20-11-7-8-15(23-2)14(19)9-11/h3-10H,1-2H3,(H,20,21)/t10-/m1/s1. The molecule has 5 nitrogen and oxygen atoms in total. The van der Waals surface area contributed by atoms with Gasteiger partial charge >= 0.3 is 5.97 Å². The van der Waals surface area contributed by atoms with E-state index in [1.165, 1.54) is 14.0 Å². The molecule has 2 aromatic rings. The van der Waals surface area contributed by atoms with E-state index in [1.807, 2.05) is 0 Å². The van der Waals surface area contributed by atoms with Crippen LogP contribution in [0.5, 0.6) is 5.75 Å². The summed E-state index contributed by atoms with van der Waals surface area (Å²) < 4.78 is 10.8. The summed E-state index contributed by atoms with van der Waals surface area (Å²) in [4.78, 5) is 24.3. The lowest BCUT2D eigenvalue weighted by Gasteiger charge is -2.14. The van der Waals surface area contributed by atoms with E-state index in [4.69, 9.17) is 21.1 Å². The van der Waals surface area contributed by atoms with Crippen LogP contribution < -0.4 is 10.1 Å². The molecule has 1 amide bonds. The molecule has 24 heavy (non-hydrogen) atoms. The Labute approximate surface area is 153 Å². The van der Waals surface area contributed by atoms with Gasteiger partial charge in [0.2, 0.25) is 0 Å². The van der Waals surface area contributed by atoms with Crippen LogP contribution in [0.1, 0.15) is 17.3 Å². The molecule has 1 atom stereocenters. The third-order valence-electron chi connectivity index (χ3n) is 3.17. The van der Waals surface area contributed by atoms with Crippen molar-refractivity contribution in [3.8, 4) is 5.75 Å². The first-order chi connectivity index (χ1) is 11.4. The Kier molecular flexibility index (Phi) is 6.23. The summed E-state index contributed by atoms with van der Waals surface area (Å²) in [6.07, 6.45) is -0.967. The van der Waals surface area contributed by atoms with E-state index >= 15 is 0 Å². The highest BCUT2D eigenvalue weighted by molar-refractivity contribution is 9.10. The van der Waals surface area contributed by atoms with Gasteiger partial charge in [0, 0.05) is 10.2 Å². The molecule has 0 saturated carbocycles. The number of methoxy groups -OCH3 is 1. The second kappa shape index (κ2) is 8.17. The summed E-state index contributed by atoms with van der Waals surface area (Å²) >= 11 is 9.28. The fourth-order valence-electron chi connectivity index (χ4n) is 1.89. The summed E-state index contributed by atoms with van der Waals surface area (Å²) in [5, 5.41) is 3.01. The second-order valence-corrected chi connectivity index (χ2v) is 6.13. The number of carbonyl (C=O) groups is 2. The lowest BCUT2D eigenvalue weighted by molar-refractivity contribution is -0.123. The molecule has 0 aliphatic rings. The van der Waals surface area contributed by atoms with Gasteiger partial charge in [-0.25, -0.2) is 4.79 Å². The predicted molar refractivity (Wildman–Crippen MR) is 95.7 cm³/mol. The Morgan fingerprint density at radius 3 is 2.54 bits per heavy atom. The smallest absolute Gasteiger partial charge is 0.340 e. The van der Waals surface area contributed by atoms with Gasteiger partial charge in [0.1, 0.15) is 5.75 Å². The average molecular weight is 413 g/mol. The van der Waals surface area contributed by atoms with Crippen LogP contribution in [-0.2, 0) is 9.53 Å². The van der Waals surface area contributed by atoms with Crippen molar-refractivity contribution >= 4 is 45.1 Å². The van der Waals surface area contributed by atoms with E-state index in [2.05, 4.69) is 21.2 Å². The van der Waals surface area contributed by atoms with E-state index in [9.17, 15) is 9.59 Å². The zero-order valence-electron chi connectivity index (χ0n) is 13.0. The normalized spacial score (nSPS) is 11.5. The lowest BCUT2D eigenvalue weighted by Crippen LogP contribution is -2.30. The molecule has 2 rings (SSSR count). The first kappa shape index (κ1) is 18.3. The highest BCUT2D eigenvalue weighted by Gasteiger charge is 2.20. The summed E-state index contributed by atoms with van der Waals surface area (Å²) in [6.45, 7) is 1.50. The zero-order chi connectivity index (χ0) is 17.7. The molecule has 0 radical (unpaired) electrons. The second-order valence-electron chi connectivity index (χ2n) is 4.87. The van der Waals surface area contributed by atoms with Crippen LogP contribution >= 0.6 is 27.5 Å². The van der Waals surface area contributed by atoms with E-state index in [0.717, 1.165) is 0 Å². The van der Waals surface area contributed by atoms with Crippen LogP contribution in [0.15, 0.2) is 46.9 Å². The van der Waals surface area contributed by atoms with Crippen molar-refractivity contribution in [3.05, 3.63) is 57.5 Å². The van der Waals surface area contributed by atoms with Crippen molar-refractivity contribution in [2.24, 2.45) is 0 Å². The van der Waals surface area contributed by atoms with Gasteiger partial charge in [0.25, 0.3) is 5.91 Å². The van der Waals surface area contributed by atoms with E-state index in [0.29, 0.717) is 26.5 Å². The molecular formula is C17H15BrClNO4. The third-order valence-corrected chi connectivity index (χ3v) is 4.15. The van der Waals surface area contributed by atoms with Crippen LogP contribution in [0, 0.1) is 0 Å². The van der Waals surface area contributed by atoms with Gasteiger partial charge in [0.05, 0.1) is 17.7 Å². The maximum atomic E-state index is 12.2. The summed E-state index contributed by atoms with van der Waals surface area (Å²) in [7, 11) is 1.50. The number of hydrogen-bond donors (Lipinski definition) is 1. The molecule has 0 unspecified atom stereocenters. The minimum Gasteiger partial charge on any atom is -0.495 e. The number of hydrogen-bond acceptors (Lipinski definition) is 4. The Bertz CT molecular complexity index is 766. The first-order valence-electron chi connectivity index (χ1n) is 7.02. The Morgan fingerprint density at radius 1 is 1.21 bits per heavy atom. The van der Waals surface area contributed by atoms with Crippen molar-refractivity contribution in [2.75, 3.05) is 12.4 Å². The van der Waals surface area contributed by atoms with Crippen LogP contribution in [-0.4, -0.2) is 25.1 Å². The van der Waals surface area contributed by atoms with Gasteiger partial charge < -0.3 is 14.8 Å². The van der Waals surface area contributed by atoms with Crippen LogP contribution in [0.3, 0.4) is 0 Å². The maximum Gasteiger partial charge on any atom is 0.340 e. The molecular weight excluding hydrogens is 398 g/mol. The number of ether oxygens (including phenoxy) is 2. The van der Waals surface area contributed by atoms with Crippen molar-refractivity contribution in [1.82, 2.24) is 0 Å². The average Bonchev–Trinajstić information content (AvgIpc) is 2.55. The maximum absolute atomic E-state index is 12.2. The van der Waals surface area contributed by atoms with Gasteiger partial charge in [-0.1, -0.05) is 23.7 Å². The van der Waals surface area contributed by atoms with Crippen LogP contribution in [0.2, 0.25) is 5.02 Å². The summed E-state index contributed by atoms with van der Waals surface area (Å²) in [5.41, 5.74) is 0.833. The van der Waals surface area contributed by atoms with Gasteiger partial charge in [0.15, 0.2) is 6.10 Å². The lowest BCUT2D eigenvalue weighted by atomic mass is 10.2. The van der Waals surface area contributed by atoms with Gasteiger partial charge in [-0.3, -0.25) is 4.79 Å². The van der Waals surface area contributed by atoms with Gasteiger partial charge in [-0.05, 0) is 53.2 Å². The van der Waals surface area contributed by atoms with Crippen molar-refractivity contribution < 1.29 is 19.1 Å². The number of nitrogens with one attached hydrogen (secondary N) is 1. The van der Waals surface area contributed by atoms with Crippen LogP contribution in [0.4, 0.5) is 5.69 Å². The highest BCUT2D eigenvalue weighted by Crippen LogP contribution is 2.27. The quantitative estimate of drug-likeness (QED) is 0.744. The van der Waals surface area contributed by atoms with E-state index in [-0.39, 0.29) is 0 Å². The Morgan fingerprint density at radius 2 is 1.92 bits per heavy atom. The molecule has 0 aliphatic carbocycles. The number of anilines is 1. The molecule has 1 N–H and O–H groups in total. The summed E-state index contributed by atoms with van der Waals surface area (Å²) in [6, 6.07) is 11.7. The fraction of sp³-hybridized carbons (Fsp3) is 0.176. The Hall–Kier alpha value is -2.05. The summed E-state index contributed by atoms with van der Waals surface area (Å²) in [5.74, 6) is -0.544. The number of amides is 1. The molecule has 0 fully saturated rings. The van der Waals surface area contributed by atoms with Crippen molar-refractivity contribution in [1.29, 1.82) is 0 Å². The monoisotopic (exact) mass is 411 g/mol. The fourth-order valence-corrected chi connectivity index (χ4v) is 2.60. The van der Waals surface area contributed by atoms with Gasteiger partial charge in [-0.15, -0.1) is 0 Å². The minimum absolute atomic E-state index is 0.352. The topological polar surface area (TPSA) is 64.6 Å². The molecule has 0 aliphatic heterocycles. The first-order valence-corrected chi connectivity index (χ1v) is 8.19. The van der Waals surface area contributed by atoms with Crippen molar-refractivity contribution in [2.45, 2.75) is 13.0 Å². The Balaban J connectivity index is 2.01. The zero-order valence-corrected chi connectivity index (χ0v) is 15.3. The molecule has 0 aromatic heterocycles. The number of benzene rings is 2. The number of halogens is 2. The van der Waals surface area contributed by atoms with E-state index in [1.54, 1.807) is 42.5 Å². The molecule has 126 valence electrons. The predicted octanol–water partition coefficient (Wildman–Crippen LogP) is 4.30. The number of esters is 1. The number of rotatable bonds is 5. The highest BCUT2D eigenvalue weighted by atomic mass is 79.9. The van der Waals surface area contributed by atoms with Crippen LogP contribution in [0.25, 0.3) is 0 Å². The molecule has 7 heteroatoms. The SMILES string of the molecule is COc1ccc(NC(=O)[C@@H](C)OC(=O)c2ccccc2Br)cc1Cl. The van der Waals surface area contributed by atoms with Crippen molar-refractivity contribution in [3.63, 3.8) is 0 Å². The largest absolute Gasteiger partial charge is 0.495 e. The molecule has 0 spiro atoms. The molecule has 0 bridgehead atoms. The molecule has 0 saturated heterocycles. The number of carbonyl (C=O) groups excluding carboxylic acids is 2. The third kappa shape index (κ3) is 4.49. The molecule has 2 aromatic carbocycles. The van der Waals surface area contributed by atoms with E-state index < -0.39 is 18.0 Å². The molecule has 0 heterocycles. The minimum atomic E-state index is -0.967. The van der Waals surface area contributed by atoms with Gasteiger partial charge in [-0.2, -0.15) is 0 Å².